The van der Waals surface area contributed by atoms with Gasteiger partial charge in [0.25, 0.3) is 0 Å². The monoisotopic (exact) mass is 318 g/mol. The van der Waals surface area contributed by atoms with Crippen molar-refractivity contribution in [3.8, 4) is 5.75 Å². The van der Waals surface area contributed by atoms with Crippen molar-refractivity contribution in [1.82, 2.24) is 15.0 Å². The number of hydrogen-bond donors (Lipinski definition) is 1. The number of aromatic nitrogens is 3. The molecule has 1 heterocycles. The molecule has 7 nitrogen and oxygen atoms in total. The molecule has 1 aromatic carbocycles. The lowest BCUT2D eigenvalue weighted by Crippen LogP contribution is -2.11. The van der Waals surface area contributed by atoms with Crippen LogP contribution in [0.15, 0.2) is 24.3 Å². The van der Waals surface area contributed by atoms with Crippen molar-refractivity contribution in [3.63, 3.8) is 0 Å². The number of ether oxygens (including phenoxy) is 2. The van der Waals surface area contributed by atoms with E-state index < -0.39 is 5.97 Å². The zero-order chi connectivity index (χ0) is 16.7. The molecule has 0 aliphatic heterocycles. The Bertz CT molecular complexity index is 637. The molecule has 0 atom stereocenters. The fraction of sp³-hybridized carbons (Fsp3) is 0.438. The fourth-order valence-electron chi connectivity index (χ4n) is 2.06. The second-order valence-corrected chi connectivity index (χ2v) is 4.97. The van der Waals surface area contributed by atoms with Gasteiger partial charge in [0.2, 0.25) is 5.69 Å². The van der Waals surface area contributed by atoms with Crippen molar-refractivity contribution in [2.45, 2.75) is 33.2 Å². The summed E-state index contributed by atoms with van der Waals surface area (Å²) in [7, 11) is 0. The molecule has 0 radical (unpaired) electrons. The largest absolute Gasteiger partial charge is 0.494 e. The molecule has 124 valence electrons. The minimum Gasteiger partial charge on any atom is -0.494 e. The van der Waals surface area contributed by atoms with Crippen LogP contribution in [-0.4, -0.2) is 34.2 Å². The van der Waals surface area contributed by atoms with E-state index in [9.17, 15) is 4.79 Å². The number of anilines is 1. The van der Waals surface area contributed by atoms with Gasteiger partial charge in [-0.05, 0) is 31.0 Å². The molecule has 0 fully saturated rings. The SMILES string of the molecule is CCOC(=O)c1nnn(CCCOc2ccc(CC)cc2)c1N. The minimum atomic E-state index is -0.552. The minimum absolute atomic E-state index is 0.0583. The van der Waals surface area contributed by atoms with E-state index in [1.54, 1.807) is 6.92 Å². The molecule has 2 N–H and O–H groups in total. The molecule has 1 aromatic heterocycles. The maximum absolute atomic E-state index is 11.6. The van der Waals surface area contributed by atoms with E-state index in [0.717, 1.165) is 12.2 Å². The standard InChI is InChI=1S/C16H22N4O3/c1-3-12-6-8-13(9-7-12)23-11-5-10-20-15(17)14(18-19-20)16(21)22-4-2/h6-9H,3-5,10-11,17H2,1-2H3. The van der Waals surface area contributed by atoms with Gasteiger partial charge in [0, 0.05) is 13.0 Å². The van der Waals surface area contributed by atoms with Crippen molar-refractivity contribution >= 4 is 11.8 Å². The van der Waals surface area contributed by atoms with Crippen LogP contribution in [0.4, 0.5) is 5.82 Å². The average Bonchev–Trinajstić information content (AvgIpc) is 2.93. The van der Waals surface area contributed by atoms with Crippen LogP contribution in [0.1, 0.15) is 36.3 Å². The van der Waals surface area contributed by atoms with Crippen LogP contribution in [0.25, 0.3) is 0 Å². The first-order valence-electron chi connectivity index (χ1n) is 7.73. The van der Waals surface area contributed by atoms with Crippen LogP contribution in [0, 0.1) is 0 Å². The van der Waals surface area contributed by atoms with Crippen LogP contribution in [0.3, 0.4) is 0 Å². The number of benzene rings is 1. The Morgan fingerprint density at radius 3 is 2.65 bits per heavy atom. The molecule has 2 rings (SSSR count). The summed E-state index contributed by atoms with van der Waals surface area (Å²) in [6.45, 7) is 5.16. The third-order valence-corrected chi connectivity index (χ3v) is 3.36. The second-order valence-electron chi connectivity index (χ2n) is 4.97. The highest BCUT2D eigenvalue weighted by Crippen LogP contribution is 2.13. The second kappa shape index (κ2) is 8.17. The molecule has 0 amide bonds. The Labute approximate surface area is 135 Å². The smallest absolute Gasteiger partial charge is 0.362 e. The van der Waals surface area contributed by atoms with Gasteiger partial charge in [-0.2, -0.15) is 0 Å². The third-order valence-electron chi connectivity index (χ3n) is 3.36. The van der Waals surface area contributed by atoms with Gasteiger partial charge in [-0.25, -0.2) is 9.48 Å². The van der Waals surface area contributed by atoms with E-state index in [0.29, 0.717) is 19.6 Å². The van der Waals surface area contributed by atoms with Gasteiger partial charge >= 0.3 is 5.97 Å². The Hall–Kier alpha value is -2.57. The lowest BCUT2D eigenvalue weighted by atomic mass is 10.2. The summed E-state index contributed by atoms with van der Waals surface area (Å²) in [4.78, 5) is 11.6. The van der Waals surface area contributed by atoms with Crippen LogP contribution >= 0.6 is 0 Å². The summed E-state index contributed by atoms with van der Waals surface area (Å²) in [5, 5.41) is 7.63. The zero-order valence-corrected chi connectivity index (χ0v) is 13.5. The third kappa shape index (κ3) is 4.45. The summed E-state index contributed by atoms with van der Waals surface area (Å²) >= 11 is 0. The van der Waals surface area contributed by atoms with Gasteiger partial charge in [0.1, 0.15) is 5.75 Å². The number of nitrogens with two attached hydrogens (primary N) is 1. The zero-order valence-electron chi connectivity index (χ0n) is 13.5. The highest BCUT2D eigenvalue weighted by molar-refractivity contribution is 5.91. The van der Waals surface area contributed by atoms with Crippen LogP contribution in [0.2, 0.25) is 0 Å². The predicted octanol–water partition coefficient (Wildman–Crippen LogP) is 2.07. The van der Waals surface area contributed by atoms with Crippen LogP contribution in [0.5, 0.6) is 5.75 Å². The number of rotatable bonds is 8. The van der Waals surface area contributed by atoms with Gasteiger partial charge in [-0.1, -0.05) is 24.3 Å². The molecular formula is C16H22N4O3. The summed E-state index contributed by atoms with van der Waals surface area (Å²) in [5.41, 5.74) is 7.19. The highest BCUT2D eigenvalue weighted by atomic mass is 16.5. The maximum Gasteiger partial charge on any atom is 0.362 e. The van der Waals surface area contributed by atoms with E-state index in [1.807, 2.05) is 12.1 Å². The maximum atomic E-state index is 11.6. The normalized spacial score (nSPS) is 10.5. The number of nitrogens with zero attached hydrogens (tertiary/aromatic N) is 3. The molecule has 0 spiro atoms. The number of hydrogen-bond acceptors (Lipinski definition) is 6. The van der Waals surface area contributed by atoms with Gasteiger partial charge in [-0.3, -0.25) is 0 Å². The predicted molar refractivity (Wildman–Crippen MR) is 86.3 cm³/mol. The molecule has 7 heteroatoms. The Kier molecular flexibility index (Phi) is 5.96. The van der Waals surface area contributed by atoms with Gasteiger partial charge in [0.15, 0.2) is 5.82 Å². The number of carbonyl (C=O) groups is 1. The first-order chi connectivity index (χ1) is 11.2. The molecule has 0 aliphatic carbocycles. The average molecular weight is 318 g/mol. The Morgan fingerprint density at radius 2 is 2.00 bits per heavy atom. The number of esters is 1. The van der Waals surface area contributed by atoms with E-state index >= 15 is 0 Å². The first kappa shape index (κ1) is 16.8. The molecule has 0 bridgehead atoms. The summed E-state index contributed by atoms with van der Waals surface area (Å²) < 4.78 is 12.0. The number of carbonyl (C=O) groups excluding carboxylic acids is 1. The summed E-state index contributed by atoms with van der Waals surface area (Å²) in [6, 6.07) is 8.02. The van der Waals surface area contributed by atoms with Crippen LogP contribution in [-0.2, 0) is 17.7 Å². The van der Waals surface area contributed by atoms with Crippen LogP contribution < -0.4 is 10.5 Å². The topological polar surface area (TPSA) is 92.3 Å². The van der Waals surface area contributed by atoms with E-state index in [1.165, 1.54) is 10.2 Å². The quantitative estimate of drug-likeness (QED) is 0.591. The van der Waals surface area contributed by atoms with Crippen molar-refractivity contribution in [3.05, 3.63) is 35.5 Å². The van der Waals surface area contributed by atoms with Crippen molar-refractivity contribution in [2.75, 3.05) is 18.9 Å². The molecule has 23 heavy (non-hydrogen) atoms. The van der Waals surface area contributed by atoms with Crippen molar-refractivity contribution < 1.29 is 14.3 Å². The van der Waals surface area contributed by atoms with Gasteiger partial charge < -0.3 is 15.2 Å². The number of nitrogen functional groups attached to an aromatic ring is 1. The molecular weight excluding hydrogens is 296 g/mol. The molecule has 0 saturated carbocycles. The summed E-state index contributed by atoms with van der Waals surface area (Å²) in [5.74, 6) is 0.500. The Morgan fingerprint density at radius 1 is 1.26 bits per heavy atom. The van der Waals surface area contributed by atoms with E-state index in [4.69, 9.17) is 15.2 Å². The van der Waals surface area contributed by atoms with E-state index in [-0.39, 0.29) is 18.1 Å². The highest BCUT2D eigenvalue weighted by Gasteiger charge is 2.18. The van der Waals surface area contributed by atoms with Crippen molar-refractivity contribution in [2.24, 2.45) is 0 Å². The molecule has 0 unspecified atom stereocenters. The molecule has 0 saturated heterocycles. The van der Waals surface area contributed by atoms with Crippen molar-refractivity contribution in [1.29, 1.82) is 0 Å². The van der Waals surface area contributed by atoms with E-state index in [2.05, 4.69) is 29.4 Å². The van der Waals surface area contributed by atoms with Gasteiger partial charge in [0.05, 0.1) is 13.2 Å². The molecule has 0 aliphatic rings. The lowest BCUT2D eigenvalue weighted by molar-refractivity contribution is 0.0520. The fourth-order valence-corrected chi connectivity index (χ4v) is 2.06. The van der Waals surface area contributed by atoms with Gasteiger partial charge in [-0.15, -0.1) is 5.10 Å². The molecule has 2 aromatic rings. The lowest BCUT2D eigenvalue weighted by Gasteiger charge is -2.07. The first-order valence-corrected chi connectivity index (χ1v) is 7.73. The Balaban J connectivity index is 1.81. The number of aryl methyl sites for hydroxylation is 2. The summed E-state index contributed by atoms with van der Waals surface area (Å²) in [6.07, 6.45) is 1.71.